The van der Waals surface area contributed by atoms with E-state index in [0.29, 0.717) is 11.3 Å². The molecule has 0 saturated heterocycles. The van der Waals surface area contributed by atoms with E-state index < -0.39 is 8.25 Å². The van der Waals surface area contributed by atoms with Crippen LogP contribution in [0.5, 0.6) is 5.75 Å². The molecule has 0 saturated carbocycles. The van der Waals surface area contributed by atoms with Gasteiger partial charge in [-0.3, -0.25) is 4.98 Å². The number of benzene rings is 1. The van der Waals surface area contributed by atoms with Gasteiger partial charge < -0.3 is 0 Å². The molecule has 2 aromatic rings. The monoisotopic (exact) mass is 222 g/mol. The van der Waals surface area contributed by atoms with Gasteiger partial charge in [-0.1, -0.05) is 18.2 Å². The van der Waals surface area contributed by atoms with E-state index in [1.165, 1.54) is 7.11 Å². The summed E-state index contributed by atoms with van der Waals surface area (Å²) in [7, 11) is -0.787. The topological polar surface area (TPSA) is 48.4 Å². The summed E-state index contributed by atoms with van der Waals surface area (Å²) in [5.41, 5.74) is 0.681. The average molecular weight is 222 g/mol. The molecule has 1 aromatic heterocycles. The second-order valence-corrected chi connectivity index (χ2v) is 3.82. The van der Waals surface area contributed by atoms with Crippen LogP contribution in [0.4, 0.5) is 0 Å². The summed E-state index contributed by atoms with van der Waals surface area (Å²) in [4.78, 5) is 4.16. The third-order valence-corrected chi connectivity index (χ3v) is 2.56. The molecule has 1 atom stereocenters. The molecule has 0 radical (unpaired) electrons. The van der Waals surface area contributed by atoms with E-state index in [0.717, 1.165) is 5.39 Å². The minimum atomic E-state index is -2.12. The molecular formula is C10H9NO3P+. The van der Waals surface area contributed by atoms with Gasteiger partial charge in [0.15, 0.2) is 0 Å². The molecule has 2 rings (SSSR count). The van der Waals surface area contributed by atoms with Gasteiger partial charge in [-0.2, -0.15) is 0 Å². The molecule has 1 unspecified atom stereocenters. The second-order valence-electron chi connectivity index (χ2n) is 2.83. The van der Waals surface area contributed by atoms with Gasteiger partial charge in [0.25, 0.3) is 0 Å². The van der Waals surface area contributed by atoms with Gasteiger partial charge >= 0.3 is 8.25 Å². The van der Waals surface area contributed by atoms with Crippen LogP contribution in [-0.2, 0) is 9.09 Å². The Bertz CT molecular complexity index is 495. The lowest BCUT2D eigenvalue weighted by Gasteiger charge is -1.98. The van der Waals surface area contributed by atoms with Crippen LogP contribution in [0.25, 0.3) is 10.9 Å². The van der Waals surface area contributed by atoms with Crippen molar-refractivity contribution in [2.24, 2.45) is 0 Å². The van der Waals surface area contributed by atoms with Crippen LogP contribution >= 0.6 is 8.25 Å². The molecule has 1 heterocycles. The predicted molar refractivity (Wildman–Crippen MR) is 57.0 cm³/mol. The lowest BCUT2D eigenvalue weighted by Crippen LogP contribution is -1.86. The van der Waals surface area contributed by atoms with E-state index in [9.17, 15) is 4.57 Å². The molecule has 0 aliphatic heterocycles. The van der Waals surface area contributed by atoms with Crippen molar-refractivity contribution in [1.29, 1.82) is 0 Å². The third-order valence-electron chi connectivity index (χ3n) is 1.92. The quantitative estimate of drug-likeness (QED) is 0.749. The number of nitrogens with zero attached hydrogens (tertiary/aromatic N) is 1. The van der Waals surface area contributed by atoms with Crippen LogP contribution < -0.4 is 4.52 Å². The maximum Gasteiger partial charge on any atom is 0.749 e. The molecule has 0 bridgehead atoms. The lowest BCUT2D eigenvalue weighted by atomic mass is 10.2. The van der Waals surface area contributed by atoms with Crippen molar-refractivity contribution in [1.82, 2.24) is 4.98 Å². The first kappa shape index (κ1) is 10.0. The standard InChI is InChI=1S/C10H9NO3P/c1-13-15(12)14-9-6-2-4-8-5-3-7-11-10(8)9/h2-7H,1H3/q+1. The van der Waals surface area contributed by atoms with Crippen molar-refractivity contribution in [2.45, 2.75) is 0 Å². The average Bonchev–Trinajstić information content (AvgIpc) is 2.29. The van der Waals surface area contributed by atoms with Gasteiger partial charge in [0.1, 0.15) is 5.52 Å². The van der Waals surface area contributed by atoms with E-state index in [1.54, 1.807) is 12.3 Å². The summed E-state index contributed by atoms with van der Waals surface area (Å²) in [6, 6.07) is 9.19. The fraction of sp³-hybridized carbons (Fsp3) is 0.100. The fourth-order valence-corrected chi connectivity index (χ4v) is 1.65. The highest BCUT2D eigenvalue weighted by Crippen LogP contribution is 2.31. The van der Waals surface area contributed by atoms with Crippen LogP contribution in [-0.4, -0.2) is 12.1 Å². The molecule has 5 heteroatoms. The van der Waals surface area contributed by atoms with E-state index in [-0.39, 0.29) is 0 Å². The van der Waals surface area contributed by atoms with Gasteiger partial charge in [0.2, 0.25) is 5.75 Å². The molecule has 1 aromatic carbocycles. The fourth-order valence-electron chi connectivity index (χ4n) is 1.27. The number of aromatic nitrogens is 1. The zero-order chi connectivity index (χ0) is 10.7. The molecule has 0 amide bonds. The Labute approximate surface area is 87.8 Å². The first-order chi connectivity index (χ1) is 7.31. The van der Waals surface area contributed by atoms with Gasteiger partial charge in [-0.25, -0.2) is 4.52 Å². The molecule has 4 nitrogen and oxygen atoms in total. The van der Waals surface area contributed by atoms with Crippen molar-refractivity contribution in [3.63, 3.8) is 0 Å². The number of para-hydroxylation sites is 1. The smallest absolute Gasteiger partial charge is 0.252 e. The highest BCUT2D eigenvalue weighted by Gasteiger charge is 2.20. The van der Waals surface area contributed by atoms with E-state index in [1.807, 2.05) is 24.3 Å². The molecule has 0 N–H and O–H groups in total. The summed E-state index contributed by atoms with van der Waals surface area (Å²) < 4.78 is 20.8. The molecular weight excluding hydrogens is 213 g/mol. The Morgan fingerprint density at radius 3 is 2.87 bits per heavy atom. The van der Waals surface area contributed by atoms with E-state index in [2.05, 4.69) is 9.51 Å². The van der Waals surface area contributed by atoms with Crippen LogP contribution in [0.15, 0.2) is 36.5 Å². The highest BCUT2D eigenvalue weighted by molar-refractivity contribution is 7.33. The molecule has 0 aliphatic rings. The summed E-state index contributed by atoms with van der Waals surface area (Å²) in [6.07, 6.45) is 1.66. The first-order valence-electron chi connectivity index (χ1n) is 4.34. The summed E-state index contributed by atoms with van der Waals surface area (Å²) in [6.45, 7) is 0. The molecule has 15 heavy (non-hydrogen) atoms. The minimum absolute atomic E-state index is 0.469. The van der Waals surface area contributed by atoms with Crippen LogP contribution in [0.3, 0.4) is 0 Å². The summed E-state index contributed by atoms with van der Waals surface area (Å²) in [5, 5.41) is 0.939. The normalized spacial score (nSPS) is 11.4. The van der Waals surface area contributed by atoms with Crippen molar-refractivity contribution >= 4 is 19.2 Å². The van der Waals surface area contributed by atoms with Crippen molar-refractivity contribution in [3.05, 3.63) is 36.5 Å². The third kappa shape index (κ3) is 2.12. The molecule has 0 fully saturated rings. The molecule has 0 spiro atoms. The van der Waals surface area contributed by atoms with Crippen molar-refractivity contribution in [2.75, 3.05) is 7.11 Å². The zero-order valence-corrected chi connectivity index (χ0v) is 8.98. The van der Waals surface area contributed by atoms with Gasteiger partial charge in [-0.05, 0) is 12.1 Å². The molecule has 0 aliphatic carbocycles. The van der Waals surface area contributed by atoms with Crippen molar-refractivity contribution < 1.29 is 13.6 Å². The summed E-state index contributed by atoms with van der Waals surface area (Å²) >= 11 is 0. The highest BCUT2D eigenvalue weighted by atomic mass is 31.1. The SMILES string of the molecule is CO[P+](=O)Oc1cccc2cccnc12. The van der Waals surface area contributed by atoms with Crippen LogP contribution in [0, 0.1) is 0 Å². The van der Waals surface area contributed by atoms with E-state index >= 15 is 0 Å². The van der Waals surface area contributed by atoms with Crippen molar-refractivity contribution in [3.8, 4) is 5.75 Å². The van der Waals surface area contributed by atoms with Gasteiger partial charge in [-0.15, -0.1) is 4.52 Å². The maximum absolute atomic E-state index is 11.1. The van der Waals surface area contributed by atoms with Gasteiger partial charge in [0, 0.05) is 16.1 Å². The van der Waals surface area contributed by atoms with Crippen LogP contribution in [0.2, 0.25) is 0 Å². The number of fused-ring (bicyclic) bond motifs is 1. The largest absolute Gasteiger partial charge is 0.749 e. The lowest BCUT2D eigenvalue weighted by molar-refractivity contribution is 0.350. The predicted octanol–water partition coefficient (Wildman–Crippen LogP) is 2.92. The Morgan fingerprint density at radius 1 is 1.27 bits per heavy atom. The maximum atomic E-state index is 11.1. The first-order valence-corrected chi connectivity index (χ1v) is 5.44. The number of hydrogen-bond acceptors (Lipinski definition) is 4. The van der Waals surface area contributed by atoms with E-state index in [4.69, 9.17) is 4.52 Å². The van der Waals surface area contributed by atoms with Crippen LogP contribution in [0.1, 0.15) is 0 Å². The minimum Gasteiger partial charge on any atom is -0.252 e. The Kier molecular flexibility index (Phi) is 2.90. The summed E-state index contributed by atoms with van der Waals surface area (Å²) in [5.74, 6) is 0.469. The number of rotatable bonds is 3. The Hall–Kier alpha value is -1.51. The Balaban J connectivity index is 2.46. The number of hydrogen-bond donors (Lipinski definition) is 0. The van der Waals surface area contributed by atoms with Gasteiger partial charge in [0.05, 0.1) is 7.11 Å². The second kappa shape index (κ2) is 4.34. The number of pyridine rings is 1. The molecule has 76 valence electrons. The Morgan fingerprint density at radius 2 is 2.07 bits per heavy atom. The zero-order valence-electron chi connectivity index (χ0n) is 8.08.